The first-order chi connectivity index (χ1) is 18.0. The molecule has 0 saturated heterocycles. The standard InChI is InChI=1S/C32H38N2O2S/c1-24-15-17-27(18-16-24)21-34(31(35)23-37-22-28-12-8-9-25(2)19-28)30(20-26-10-4-3-5-11-26)32(36)33-29-13-6-7-14-29/h3-5,8-12,15-19,29-30H,6-7,13-14,20-23H2,1-2H3,(H,33,36). The van der Waals surface area contributed by atoms with Gasteiger partial charge in [-0.3, -0.25) is 9.59 Å². The molecule has 194 valence electrons. The van der Waals surface area contributed by atoms with Crippen molar-refractivity contribution in [2.45, 2.75) is 70.3 Å². The molecule has 4 rings (SSSR count). The SMILES string of the molecule is Cc1ccc(CN(C(=O)CSCc2cccc(C)c2)C(Cc2ccccc2)C(=O)NC2CCCC2)cc1. The molecule has 37 heavy (non-hydrogen) atoms. The minimum atomic E-state index is -0.559. The van der Waals surface area contributed by atoms with E-state index in [9.17, 15) is 9.59 Å². The monoisotopic (exact) mass is 514 g/mol. The first kappa shape index (κ1) is 27.0. The Balaban J connectivity index is 1.56. The number of hydrogen-bond acceptors (Lipinski definition) is 3. The molecule has 1 saturated carbocycles. The summed E-state index contributed by atoms with van der Waals surface area (Å²) in [4.78, 5) is 29.3. The molecule has 1 fully saturated rings. The molecule has 4 nitrogen and oxygen atoms in total. The van der Waals surface area contributed by atoms with Crippen molar-refractivity contribution in [3.63, 3.8) is 0 Å². The highest BCUT2D eigenvalue weighted by Gasteiger charge is 2.32. The van der Waals surface area contributed by atoms with Crippen molar-refractivity contribution >= 4 is 23.6 Å². The number of carbonyl (C=O) groups excluding carboxylic acids is 2. The van der Waals surface area contributed by atoms with E-state index in [1.165, 1.54) is 16.7 Å². The summed E-state index contributed by atoms with van der Waals surface area (Å²) in [7, 11) is 0. The van der Waals surface area contributed by atoms with E-state index in [2.05, 4.69) is 67.7 Å². The molecule has 0 aliphatic heterocycles. The number of carbonyl (C=O) groups is 2. The Morgan fingerprint density at radius 2 is 1.57 bits per heavy atom. The van der Waals surface area contributed by atoms with Gasteiger partial charge >= 0.3 is 0 Å². The molecule has 1 aliphatic rings. The Bertz CT molecular complexity index is 1160. The second kappa shape index (κ2) is 13.5. The molecule has 5 heteroatoms. The van der Waals surface area contributed by atoms with Crippen LogP contribution in [0.15, 0.2) is 78.9 Å². The summed E-state index contributed by atoms with van der Waals surface area (Å²) in [5, 5.41) is 3.28. The van der Waals surface area contributed by atoms with E-state index < -0.39 is 6.04 Å². The molecule has 0 spiro atoms. The molecule has 1 N–H and O–H groups in total. The molecule has 3 aromatic rings. The third kappa shape index (κ3) is 8.22. The van der Waals surface area contributed by atoms with Gasteiger partial charge in [-0.05, 0) is 43.4 Å². The Hall–Kier alpha value is -3.05. The molecule has 0 bridgehead atoms. The van der Waals surface area contributed by atoms with Gasteiger partial charge in [0.15, 0.2) is 0 Å². The lowest BCUT2D eigenvalue weighted by molar-refractivity contribution is -0.139. The smallest absolute Gasteiger partial charge is 0.243 e. The van der Waals surface area contributed by atoms with Crippen molar-refractivity contribution < 1.29 is 9.59 Å². The lowest BCUT2D eigenvalue weighted by Gasteiger charge is -2.32. The van der Waals surface area contributed by atoms with Crippen LogP contribution in [0.5, 0.6) is 0 Å². The minimum absolute atomic E-state index is 0.000677. The van der Waals surface area contributed by atoms with Crippen LogP contribution < -0.4 is 5.32 Å². The van der Waals surface area contributed by atoms with Crippen molar-refractivity contribution in [1.29, 1.82) is 0 Å². The largest absolute Gasteiger partial charge is 0.352 e. The number of thioether (sulfide) groups is 1. The van der Waals surface area contributed by atoms with E-state index in [1.807, 2.05) is 35.2 Å². The van der Waals surface area contributed by atoms with Gasteiger partial charge in [-0.2, -0.15) is 0 Å². The Morgan fingerprint density at radius 3 is 2.27 bits per heavy atom. The molecule has 2 amide bonds. The normalized spacial score (nSPS) is 14.3. The fraction of sp³-hybridized carbons (Fsp3) is 0.375. The highest BCUT2D eigenvalue weighted by Crippen LogP contribution is 2.21. The van der Waals surface area contributed by atoms with Crippen molar-refractivity contribution in [2.75, 3.05) is 5.75 Å². The van der Waals surface area contributed by atoms with Crippen molar-refractivity contribution in [3.05, 3.63) is 107 Å². The number of nitrogens with one attached hydrogen (secondary N) is 1. The van der Waals surface area contributed by atoms with E-state index in [4.69, 9.17) is 0 Å². The molecular formula is C32H38N2O2S. The lowest BCUT2D eigenvalue weighted by Crippen LogP contribution is -2.52. The van der Waals surface area contributed by atoms with Gasteiger partial charge < -0.3 is 10.2 Å². The van der Waals surface area contributed by atoms with E-state index in [0.29, 0.717) is 18.7 Å². The molecular weight excluding hydrogens is 476 g/mol. The van der Waals surface area contributed by atoms with Crippen LogP contribution in [-0.4, -0.2) is 34.6 Å². The number of amides is 2. The molecule has 1 aliphatic carbocycles. The third-order valence-electron chi connectivity index (χ3n) is 7.02. The zero-order valence-electron chi connectivity index (χ0n) is 22.0. The Morgan fingerprint density at radius 1 is 0.865 bits per heavy atom. The zero-order valence-corrected chi connectivity index (χ0v) is 22.8. The molecule has 0 aromatic heterocycles. The van der Waals surface area contributed by atoms with Gasteiger partial charge in [-0.15, -0.1) is 11.8 Å². The van der Waals surface area contributed by atoms with Gasteiger partial charge in [0.25, 0.3) is 0 Å². The number of nitrogens with zero attached hydrogens (tertiary/aromatic N) is 1. The van der Waals surface area contributed by atoms with Gasteiger partial charge in [-0.1, -0.05) is 103 Å². The van der Waals surface area contributed by atoms with Crippen LogP contribution in [0.3, 0.4) is 0 Å². The van der Waals surface area contributed by atoms with Gasteiger partial charge in [0.1, 0.15) is 6.04 Å². The molecule has 0 heterocycles. The fourth-order valence-electron chi connectivity index (χ4n) is 4.95. The van der Waals surface area contributed by atoms with Crippen LogP contribution in [0.25, 0.3) is 0 Å². The number of hydrogen-bond donors (Lipinski definition) is 1. The van der Waals surface area contributed by atoms with Crippen molar-refractivity contribution in [3.8, 4) is 0 Å². The first-order valence-electron chi connectivity index (χ1n) is 13.3. The van der Waals surface area contributed by atoms with Crippen LogP contribution in [-0.2, 0) is 28.3 Å². The summed E-state index contributed by atoms with van der Waals surface area (Å²) < 4.78 is 0. The summed E-state index contributed by atoms with van der Waals surface area (Å²) >= 11 is 1.61. The van der Waals surface area contributed by atoms with Gasteiger partial charge in [-0.25, -0.2) is 0 Å². The highest BCUT2D eigenvalue weighted by molar-refractivity contribution is 7.99. The Kier molecular flexibility index (Phi) is 9.84. The van der Waals surface area contributed by atoms with Crippen LogP contribution in [0.4, 0.5) is 0 Å². The highest BCUT2D eigenvalue weighted by atomic mass is 32.2. The van der Waals surface area contributed by atoms with Gasteiger partial charge in [0.05, 0.1) is 5.75 Å². The van der Waals surface area contributed by atoms with E-state index in [0.717, 1.165) is 42.6 Å². The van der Waals surface area contributed by atoms with Crippen LogP contribution in [0, 0.1) is 13.8 Å². The van der Waals surface area contributed by atoms with E-state index in [1.54, 1.807) is 11.8 Å². The van der Waals surface area contributed by atoms with Crippen molar-refractivity contribution in [1.82, 2.24) is 10.2 Å². The average molecular weight is 515 g/mol. The number of rotatable bonds is 11. The summed E-state index contributed by atoms with van der Waals surface area (Å²) in [6.45, 7) is 4.56. The summed E-state index contributed by atoms with van der Waals surface area (Å²) in [6.07, 6.45) is 4.83. The van der Waals surface area contributed by atoms with Crippen LogP contribution in [0.2, 0.25) is 0 Å². The van der Waals surface area contributed by atoms with Gasteiger partial charge in [0, 0.05) is 24.8 Å². The topological polar surface area (TPSA) is 49.4 Å². The number of benzene rings is 3. The predicted octanol–water partition coefficient (Wildman–Crippen LogP) is 6.24. The predicted molar refractivity (Wildman–Crippen MR) is 153 cm³/mol. The maximum atomic E-state index is 13.8. The second-order valence-corrected chi connectivity index (χ2v) is 11.2. The third-order valence-corrected chi connectivity index (χ3v) is 8.01. The fourth-order valence-corrected chi connectivity index (χ4v) is 5.81. The summed E-state index contributed by atoms with van der Waals surface area (Å²) in [6, 6.07) is 26.3. The maximum absolute atomic E-state index is 13.8. The molecule has 1 unspecified atom stereocenters. The molecule has 3 aromatic carbocycles. The maximum Gasteiger partial charge on any atom is 0.243 e. The van der Waals surface area contributed by atoms with E-state index in [-0.39, 0.29) is 17.9 Å². The summed E-state index contributed by atoms with van der Waals surface area (Å²) in [5.74, 6) is 1.06. The average Bonchev–Trinajstić information content (AvgIpc) is 3.41. The van der Waals surface area contributed by atoms with Crippen molar-refractivity contribution in [2.24, 2.45) is 0 Å². The zero-order chi connectivity index (χ0) is 26.0. The lowest BCUT2D eigenvalue weighted by atomic mass is 10.0. The second-order valence-electron chi connectivity index (χ2n) is 10.2. The molecule has 1 atom stereocenters. The van der Waals surface area contributed by atoms with Crippen LogP contribution in [0.1, 0.15) is 53.5 Å². The quantitative estimate of drug-likeness (QED) is 0.330. The summed E-state index contributed by atoms with van der Waals surface area (Å²) in [5.41, 5.74) is 5.70. The van der Waals surface area contributed by atoms with Gasteiger partial charge in [0.2, 0.25) is 11.8 Å². The first-order valence-corrected chi connectivity index (χ1v) is 14.5. The number of aryl methyl sites for hydroxylation is 2. The van der Waals surface area contributed by atoms with E-state index >= 15 is 0 Å². The minimum Gasteiger partial charge on any atom is -0.352 e. The Labute approximate surface area is 225 Å². The molecule has 0 radical (unpaired) electrons. The van der Waals surface area contributed by atoms with Crippen LogP contribution >= 0.6 is 11.8 Å².